The van der Waals surface area contributed by atoms with E-state index in [1.54, 1.807) is 0 Å². The first-order chi connectivity index (χ1) is 23.3. The van der Waals surface area contributed by atoms with Crippen molar-refractivity contribution in [1.82, 2.24) is 0 Å². The van der Waals surface area contributed by atoms with Crippen LogP contribution in [0.3, 0.4) is 0 Å². The summed E-state index contributed by atoms with van der Waals surface area (Å²) in [7, 11) is 31.2. The molecule has 1 saturated heterocycles. The number of hydrogen-bond acceptors (Lipinski definition) is 8. The number of rotatable bonds is 16. The number of carbonyl (C=O) groups is 2. The number of esters is 1. The predicted molar refractivity (Wildman–Crippen MR) is 278 cm³/mol. The van der Waals surface area contributed by atoms with Gasteiger partial charge in [-0.3, -0.25) is 9.59 Å². The first-order valence-corrected chi connectivity index (χ1v) is 50.1. The fraction of sp³-hybridized carbons (Fsp3) is 0.826. The fourth-order valence-corrected chi connectivity index (χ4v) is 136. The third-order valence-electron chi connectivity index (χ3n) is 9.75. The van der Waals surface area contributed by atoms with Crippen molar-refractivity contribution in [1.29, 1.82) is 0 Å². The summed E-state index contributed by atoms with van der Waals surface area (Å²) in [6.45, 7) is 7.63. The zero-order valence-electron chi connectivity index (χ0n) is 30.6. The summed E-state index contributed by atoms with van der Waals surface area (Å²) in [4.78, 5) is 26.5. The minimum atomic E-state index is -1.48. The predicted octanol–water partition coefficient (Wildman–Crippen LogP) is 13.1. The van der Waals surface area contributed by atoms with Gasteiger partial charge in [-0.2, -0.15) is 0 Å². The second-order valence-corrected chi connectivity index (χ2v) is 86.1. The molecule has 0 spiro atoms. The van der Waals surface area contributed by atoms with Crippen LogP contribution in [-0.2, 0) is 28.1 Å². The normalized spacial score (nSPS) is 32.1. The van der Waals surface area contributed by atoms with Crippen LogP contribution in [0.2, 0.25) is 0 Å². The monoisotopic (exact) mass is 1530 g/mol. The van der Waals surface area contributed by atoms with Gasteiger partial charge in [0.2, 0.25) is 0 Å². The van der Waals surface area contributed by atoms with Crippen molar-refractivity contribution >= 4 is 174 Å². The van der Waals surface area contributed by atoms with Gasteiger partial charge in [-0.05, 0) is 66.2 Å². The Hall–Kier alpha value is 10.2. The number of aliphatic hydroxyl groups is 2. The van der Waals surface area contributed by atoms with Crippen molar-refractivity contribution in [2.75, 3.05) is 6.61 Å². The Bertz CT molecular complexity index is 1260. The number of Topliss-reactive ketones (excluding diaryl/α,β-unsaturated/α-hetero) is 1. The van der Waals surface area contributed by atoms with Gasteiger partial charge in [0.15, 0.2) is 5.78 Å². The molecule has 2 aliphatic carbocycles. The molecule has 15 unspecified atom stereocenters. The molecule has 3 rings (SSSR count). The second kappa shape index (κ2) is 26.8. The van der Waals surface area contributed by atoms with Crippen molar-refractivity contribution < 1.29 is 126 Å². The van der Waals surface area contributed by atoms with E-state index in [1.807, 2.05) is 6.92 Å². The molecule has 53 heavy (non-hydrogen) atoms. The molecule has 1 heterocycles. The van der Waals surface area contributed by atoms with E-state index in [2.05, 4.69) is 125 Å². The summed E-state index contributed by atoms with van der Waals surface area (Å²) in [6.07, 6.45) is -0.704. The maximum absolute atomic E-state index is 13.3. The summed E-state index contributed by atoms with van der Waals surface area (Å²) >= 11 is 0. The number of hydrogen-bond donors (Lipinski definition) is 2. The van der Waals surface area contributed by atoms with Gasteiger partial charge in [0, 0.05) is 133 Å². The molecule has 3 aliphatic rings. The Labute approximate surface area is 425 Å². The van der Waals surface area contributed by atoms with Crippen LogP contribution in [0.25, 0.3) is 0 Å². The molecule has 2 N–H and O–H groups in total. The molecule has 302 valence electrons. The van der Waals surface area contributed by atoms with Crippen LogP contribution < -0.4 is 0 Å². The molecule has 0 aromatic carbocycles. The largest absolute Gasteiger partial charge is 0.462 e. The van der Waals surface area contributed by atoms with Crippen LogP contribution >= 0.6 is 162 Å². The Morgan fingerprint density at radius 2 is 1.38 bits per heavy atom. The van der Waals surface area contributed by atoms with E-state index in [0.29, 0.717) is 12.8 Å². The molecule has 0 aromatic heterocycles. The van der Waals surface area contributed by atoms with Gasteiger partial charge < -0.3 is 28.7 Å². The zero-order chi connectivity index (χ0) is 39.1. The average molecular weight is 1530 g/mol. The van der Waals surface area contributed by atoms with Gasteiger partial charge in [-0.15, -0.1) is 89.3 Å². The summed E-state index contributed by atoms with van der Waals surface area (Å²) in [5, 5.41) is 24.7. The molecule has 30 heteroatoms. The quantitative estimate of drug-likeness (QED) is 0.0893. The topological polar surface area (TPSA) is 112 Å². The smallest absolute Gasteiger partial charge is 0.302 e. The second-order valence-electron chi connectivity index (χ2n) is 13.7. The molecule has 2 radical (unpaired) electrons. The molecule has 0 amide bonds. The van der Waals surface area contributed by atoms with Crippen LogP contribution in [0, 0.1) is 111 Å². The van der Waals surface area contributed by atoms with E-state index in [1.165, 1.54) is 13.8 Å². The SMILES string of the molecule is CC(=O)O[C@H](C1C[C@H](OP(P(P)P(P)P)P(P(P)P)P(P)P)C(C)=CC1(C)C)C1[C@](C)([C@H](O)C(C)=O)[C@@H](OP(P(P)P)P(P)P)C[C@H]2OC[C@@]12O.[Ac].[Ac]. The van der Waals surface area contributed by atoms with Crippen molar-refractivity contribution in [3.63, 3.8) is 0 Å². The van der Waals surface area contributed by atoms with Crippen molar-refractivity contribution in [3.8, 4) is 0 Å². The number of carbonyl (C=O) groups excluding carboxylic acids is 2. The van der Waals surface area contributed by atoms with Gasteiger partial charge in [-0.25, -0.2) is 0 Å². The van der Waals surface area contributed by atoms with Gasteiger partial charge in [0.1, 0.15) is 17.8 Å². The van der Waals surface area contributed by atoms with Gasteiger partial charge >= 0.3 is 5.97 Å². The zero-order valence-corrected chi connectivity index (χ0v) is 60.9. The number of ketones is 1. The van der Waals surface area contributed by atoms with Gasteiger partial charge in [-0.1, -0.05) is 35.8 Å². The van der Waals surface area contributed by atoms with Gasteiger partial charge in [0.25, 0.3) is 0 Å². The Balaban J connectivity index is 0.00000702. The van der Waals surface area contributed by atoms with Crippen LogP contribution in [0.5, 0.6) is 0 Å². The van der Waals surface area contributed by atoms with Crippen LogP contribution in [0.4, 0.5) is 0 Å². The summed E-state index contributed by atoms with van der Waals surface area (Å²) in [5.41, 5.74) is -2.10. The first kappa shape index (κ1) is 61.2. The summed E-state index contributed by atoms with van der Waals surface area (Å²) in [6, 6.07) is 0. The van der Waals surface area contributed by atoms with Crippen LogP contribution in [-0.4, -0.2) is 64.7 Å². The number of ether oxygens (including phenoxy) is 2. The molecule has 2 fully saturated rings. The molecule has 22 atom stereocenters. The average Bonchev–Trinajstić information content (AvgIpc) is 2.97. The standard InChI is InChI=1S/C23H56O8P20.2Ac/c1-11-9-21(4,5)14(7-15(11)30-44(50(42)47(36)37)51(48(38)39)49(40)41)18(29-13(3)25)19-22(6,20(26)12(2)24)16(8-17-23(19,27)10-28-17)31-43(45(32)33)46(34)35;;/h9,14-20,26-27H,7-8,10,32-42H2,1-6H3;;/t14?,15-,16-,17+,18+,19?,20+,22+,23-,44?,50?;;/m0../s1. The van der Waals surface area contributed by atoms with E-state index in [0.717, 1.165) is 5.57 Å². The van der Waals surface area contributed by atoms with Crippen LogP contribution in [0.1, 0.15) is 54.4 Å². The molecular weight excluding hydrogens is 1480 g/mol. The number of fused-ring (bicyclic) bond motifs is 1. The molecule has 8 nitrogen and oxygen atoms in total. The molecule has 0 aromatic rings. The third kappa shape index (κ3) is 15.3. The van der Waals surface area contributed by atoms with E-state index in [9.17, 15) is 19.8 Å². The summed E-state index contributed by atoms with van der Waals surface area (Å²) < 4.78 is 26.9. The van der Waals surface area contributed by atoms with Crippen molar-refractivity contribution in [3.05, 3.63) is 11.6 Å². The van der Waals surface area contributed by atoms with E-state index >= 15 is 0 Å². The molecular formula is C23H56Ac2O8P20. The Kier molecular flexibility index (Phi) is 30.9. The third-order valence-corrected chi connectivity index (χ3v) is 103. The van der Waals surface area contributed by atoms with E-state index in [4.69, 9.17) is 18.5 Å². The van der Waals surface area contributed by atoms with Crippen LogP contribution in [0.15, 0.2) is 11.6 Å². The van der Waals surface area contributed by atoms with E-state index in [-0.39, 0.29) is 107 Å². The minimum Gasteiger partial charge on any atom is -0.462 e. The Morgan fingerprint density at radius 1 is 0.849 bits per heavy atom. The summed E-state index contributed by atoms with van der Waals surface area (Å²) in [5.74, 6) is -2.09. The maximum Gasteiger partial charge on any atom is 0.302 e. The van der Waals surface area contributed by atoms with E-state index < -0.39 is 122 Å². The molecule has 1 saturated carbocycles. The van der Waals surface area contributed by atoms with Crippen molar-refractivity contribution in [2.24, 2.45) is 22.7 Å². The number of aliphatic hydroxyl groups excluding tert-OH is 1. The number of allylic oxidation sites excluding steroid dienone is 1. The molecule has 1 aliphatic heterocycles. The van der Waals surface area contributed by atoms with Gasteiger partial charge in [0.05, 0.1) is 40.0 Å². The minimum absolute atomic E-state index is 0. The maximum atomic E-state index is 13.3. The molecule has 0 bridgehead atoms. The Morgan fingerprint density at radius 3 is 1.77 bits per heavy atom. The van der Waals surface area contributed by atoms with Crippen molar-refractivity contribution in [2.45, 2.75) is 90.5 Å². The fourth-order valence-electron chi connectivity index (χ4n) is 7.48. The first-order valence-electron chi connectivity index (χ1n) is 15.5.